The van der Waals surface area contributed by atoms with Gasteiger partial charge in [-0.25, -0.2) is 0 Å². The fraction of sp³-hybridized carbons (Fsp3) is 0.933. The smallest absolute Gasteiger partial charge is 0.224 e. The van der Waals surface area contributed by atoms with Crippen LogP contribution in [-0.2, 0) is 9.53 Å². The van der Waals surface area contributed by atoms with Gasteiger partial charge in [0.05, 0.1) is 13.2 Å². The number of nitrogens with zero attached hydrogens (tertiary/aromatic N) is 1. The summed E-state index contributed by atoms with van der Waals surface area (Å²) in [4.78, 5) is 14.5. The Morgan fingerprint density at radius 3 is 2.84 bits per heavy atom. The quantitative estimate of drug-likeness (QED) is 0.824. The number of carbonyl (C=O) groups is 1. The summed E-state index contributed by atoms with van der Waals surface area (Å²) < 4.78 is 5.42. The monoisotopic (exact) mass is 266 g/mol. The number of amides is 1. The van der Waals surface area contributed by atoms with Crippen LogP contribution in [0.15, 0.2) is 0 Å². The number of likely N-dealkylation sites (tertiary alicyclic amines) is 1. The Kier molecular flexibility index (Phi) is 4.08. The van der Waals surface area contributed by atoms with Crippen LogP contribution in [0.1, 0.15) is 44.9 Å². The average Bonchev–Trinajstić information content (AvgIpc) is 2.85. The lowest BCUT2D eigenvalue weighted by Gasteiger charge is -2.33. The molecule has 0 aromatic heterocycles. The van der Waals surface area contributed by atoms with Gasteiger partial charge in [-0.2, -0.15) is 0 Å². The summed E-state index contributed by atoms with van der Waals surface area (Å²) in [5.74, 6) is 0.324. The second-order valence-corrected chi connectivity index (χ2v) is 6.56. The predicted molar refractivity (Wildman–Crippen MR) is 73.9 cm³/mol. The molecule has 2 saturated heterocycles. The highest BCUT2D eigenvalue weighted by atomic mass is 16.5. The molecule has 3 rings (SSSR count). The van der Waals surface area contributed by atoms with Crippen LogP contribution in [0, 0.1) is 5.41 Å². The van der Waals surface area contributed by atoms with Crippen molar-refractivity contribution in [3.05, 3.63) is 0 Å². The van der Waals surface area contributed by atoms with Crippen molar-refractivity contribution in [3.8, 4) is 0 Å². The molecule has 19 heavy (non-hydrogen) atoms. The summed E-state index contributed by atoms with van der Waals surface area (Å²) in [6.45, 7) is 4.33. The van der Waals surface area contributed by atoms with Gasteiger partial charge in [-0.05, 0) is 24.7 Å². The molecule has 0 radical (unpaired) electrons. The molecule has 0 aromatic carbocycles. The van der Waals surface area contributed by atoms with Crippen LogP contribution < -0.4 is 5.32 Å². The maximum absolute atomic E-state index is 12.4. The molecule has 2 aliphatic heterocycles. The van der Waals surface area contributed by atoms with Crippen molar-refractivity contribution in [2.75, 3.05) is 32.8 Å². The van der Waals surface area contributed by atoms with Crippen molar-refractivity contribution >= 4 is 5.91 Å². The van der Waals surface area contributed by atoms with Crippen molar-refractivity contribution in [3.63, 3.8) is 0 Å². The maximum Gasteiger partial charge on any atom is 0.224 e. The van der Waals surface area contributed by atoms with E-state index in [1.165, 1.54) is 38.5 Å². The first-order valence-corrected chi connectivity index (χ1v) is 7.86. The van der Waals surface area contributed by atoms with E-state index < -0.39 is 0 Å². The molecule has 1 spiro atoms. The van der Waals surface area contributed by atoms with Crippen molar-refractivity contribution in [1.82, 2.24) is 10.2 Å². The van der Waals surface area contributed by atoms with Crippen LogP contribution in [0.3, 0.4) is 0 Å². The molecule has 2 heterocycles. The third-order valence-corrected chi connectivity index (χ3v) is 5.12. The molecule has 1 N–H and O–H groups in total. The average molecular weight is 266 g/mol. The van der Waals surface area contributed by atoms with Gasteiger partial charge in [0.1, 0.15) is 0 Å². The third kappa shape index (κ3) is 3.11. The van der Waals surface area contributed by atoms with Crippen molar-refractivity contribution in [1.29, 1.82) is 0 Å². The first-order chi connectivity index (χ1) is 9.27. The fourth-order valence-electron chi connectivity index (χ4n) is 3.95. The minimum Gasteiger partial charge on any atom is -0.378 e. The molecule has 3 fully saturated rings. The molecule has 1 atom stereocenters. The standard InChI is InChI=1S/C15H26N2O2/c18-14(10-13-11-19-9-7-16-13)17-8-6-15(12-17)4-2-1-3-5-15/h13,16H,1-12H2. The summed E-state index contributed by atoms with van der Waals surface area (Å²) in [7, 11) is 0. The molecule has 1 aliphatic carbocycles. The first kappa shape index (κ1) is 13.4. The summed E-state index contributed by atoms with van der Waals surface area (Å²) in [5, 5.41) is 3.37. The van der Waals surface area contributed by atoms with E-state index in [2.05, 4.69) is 10.2 Å². The normalized spacial score (nSPS) is 30.7. The van der Waals surface area contributed by atoms with Crippen molar-refractivity contribution in [2.45, 2.75) is 51.0 Å². The van der Waals surface area contributed by atoms with Crippen LogP contribution in [0.2, 0.25) is 0 Å². The molecule has 0 aromatic rings. The summed E-state index contributed by atoms with van der Waals surface area (Å²) in [6, 6.07) is 0.226. The molecule has 0 bridgehead atoms. The van der Waals surface area contributed by atoms with Gasteiger partial charge in [0, 0.05) is 32.1 Å². The third-order valence-electron chi connectivity index (χ3n) is 5.12. The Morgan fingerprint density at radius 2 is 2.11 bits per heavy atom. The zero-order valence-electron chi connectivity index (χ0n) is 11.8. The highest BCUT2D eigenvalue weighted by molar-refractivity contribution is 5.77. The van der Waals surface area contributed by atoms with Gasteiger partial charge in [0.25, 0.3) is 0 Å². The van der Waals surface area contributed by atoms with Gasteiger partial charge in [-0.15, -0.1) is 0 Å². The minimum absolute atomic E-state index is 0.226. The highest BCUT2D eigenvalue weighted by Gasteiger charge is 2.40. The number of hydrogen-bond donors (Lipinski definition) is 1. The highest BCUT2D eigenvalue weighted by Crippen LogP contribution is 2.43. The van der Waals surface area contributed by atoms with Gasteiger partial charge in [0.15, 0.2) is 0 Å². The first-order valence-electron chi connectivity index (χ1n) is 7.86. The minimum atomic E-state index is 0.226. The van der Waals surface area contributed by atoms with E-state index in [-0.39, 0.29) is 6.04 Å². The molecular weight excluding hydrogens is 240 g/mol. The van der Waals surface area contributed by atoms with E-state index in [1.807, 2.05) is 0 Å². The van der Waals surface area contributed by atoms with Crippen LogP contribution in [0.5, 0.6) is 0 Å². The van der Waals surface area contributed by atoms with Gasteiger partial charge in [-0.3, -0.25) is 4.79 Å². The van der Waals surface area contributed by atoms with Crippen LogP contribution in [-0.4, -0.2) is 49.7 Å². The van der Waals surface area contributed by atoms with E-state index in [0.717, 1.165) is 26.2 Å². The molecule has 108 valence electrons. The molecule has 1 amide bonds. The Hall–Kier alpha value is -0.610. The number of hydrogen-bond acceptors (Lipinski definition) is 3. The Labute approximate surface area is 115 Å². The molecule has 3 aliphatic rings. The van der Waals surface area contributed by atoms with Gasteiger partial charge < -0.3 is 15.0 Å². The zero-order valence-corrected chi connectivity index (χ0v) is 11.8. The van der Waals surface area contributed by atoms with Crippen molar-refractivity contribution in [2.24, 2.45) is 5.41 Å². The van der Waals surface area contributed by atoms with Gasteiger partial charge in [0.2, 0.25) is 5.91 Å². The number of morpholine rings is 1. The summed E-state index contributed by atoms with van der Waals surface area (Å²) in [5.41, 5.74) is 0.477. The Morgan fingerprint density at radius 1 is 1.26 bits per heavy atom. The number of carbonyl (C=O) groups excluding carboxylic acids is 1. The summed E-state index contributed by atoms with van der Waals surface area (Å²) >= 11 is 0. The molecule has 1 unspecified atom stereocenters. The lowest BCUT2D eigenvalue weighted by atomic mass is 9.73. The molecule has 4 nitrogen and oxygen atoms in total. The van der Waals surface area contributed by atoms with Crippen LogP contribution >= 0.6 is 0 Å². The lowest BCUT2D eigenvalue weighted by molar-refractivity contribution is -0.131. The fourth-order valence-corrected chi connectivity index (χ4v) is 3.95. The molecule has 1 saturated carbocycles. The SMILES string of the molecule is O=C(CC1COCCN1)N1CCC2(CCCCC2)C1. The van der Waals surface area contributed by atoms with E-state index >= 15 is 0 Å². The van der Waals surface area contributed by atoms with Gasteiger partial charge >= 0.3 is 0 Å². The van der Waals surface area contributed by atoms with E-state index in [9.17, 15) is 4.79 Å². The summed E-state index contributed by atoms with van der Waals surface area (Å²) in [6.07, 6.45) is 8.62. The molecule has 4 heteroatoms. The van der Waals surface area contributed by atoms with Gasteiger partial charge in [-0.1, -0.05) is 19.3 Å². The Balaban J connectivity index is 1.50. The van der Waals surface area contributed by atoms with Crippen LogP contribution in [0.25, 0.3) is 0 Å². The molecular formula is C15H26N2O2. The number of nitrogens with one attached hydrogen (secondary N) is 1. The zero-order chi connectivity index (χ0) is 13.1. The van der Waals surface area contributed by atoms with E-state index in [0.29, 0.717) is 24.3 Å². The predicted octanol–water partition coefficient (Wildman–Crippen LogP) is 1.55. The van der Waals surface area contributed by atoms with Crippen molar-refractivity contribution < 1.29 is 9.53 Å². The number of rotatable bonds is 2. The Bertz CT molecular complexity index is 320. The van der Waals surface area contributed by atoms with Crippen LogP contribution in [0.4, 0.5) is 0 Å². The second-order valence-electron chi connectivity index (χ2n) is 6.56. The van der Waals surface area contributed by atoms with E-state index in [4.69, 9.17) is 4.74 Å². The lowest BCUT2D eigenvalue weighted by Crippen LogP contribution is -2.45. The number of ether oxygens (including phenoxy) is 1. The second kappa shape index (κ2) is 5.80. The topological polar surface area (TPSA) is 41.6 Å². The van der Waals surface area contributed by atoms with E-state index in [1.54, 1.807) is 0 Å². The maximum atomic E-state index is 12.4. The largest absolute Gasteiger partial charge is 0.378 e.